The number of carbonyl (C=O) groups excluding carboxylic acids is 2. The quantitative estimate of drug-likeness (QED) is 0.769. The fourth-order valence-electron chi connectivity index (χ4n) is 2.89. The third-order valence-electron chi connectivity index (χ3n) is 4.24. The van der Waals surface area contributed by atoms with Gasteiger partial charge in [-0.05, 0) is 26.2 Å². The van der Waals surface area contributed by atoms with E-state index in [9.17, 15) is 9.59 Å². The third kappa shape index (κ3) is 4.29. The van der Waals surface area contributed by atoms with Crippen molar-refractivity contribution in [2.45, 2.75) is 45.8 Å². The summed E-state index contributed by atoms with van der Waals surface area (Å²) in [6.45, 7) is 4.95. The molecule has 2 amide bonds. The summed E-state index contributed by atoms with van der Waals surface area (Å²) in [6, 6.07) is 0. The fourth-order valence-corrected chi connectivity index (χ4v) is 2.89. The molecule has 3 rings (SSSR count). The van der Waals surface area contributed by atoms with Gasteiger partial charge in [-0.3, -0.25) is 14.3 Å². The van der Waals surface area contributed by atoms with E-state index in [0.717, 1.165) is 19.4 Å². The lowest BCUT2D eigenvalue weighted by molar-refractivity contribution is -0.122. The molecule has 2 aromatic rings. The van der Waals surface area contributed by atoms with Crippen molar-refractivity contribution in [3.63, 3.8) is 0 Å². The van der Waals surface area contributed by atoms with Gasteiger partial charge >= 0.3 is 0 Å². The number of aromatic nitrogens is 3. The Labute approximate surface area is 151 Å². The molecule has 26 heavy (non-hydrogen) atoms. The highest BCUT2D eigenvalue weighted by atomic mass is 16.5. The van der Waals surface area contributed by atoms with Crippen molar-refractivity contribution in [1.29, 1.82) is 0 Å². The van der Waals surface area contributed by atoms with E-state index in [1.165, 1.54) is 10.9 Å². The van der Waals surface area contributed by atoms with Crippen LogP contribution in [0.5, 0.6) is 0 Å². The van der Waals surface area contributed by atoms with E-state index in [1.54, 1.807) is 13.1 Å². The van der Waals surface area contributed by atoms with Crippen LogP contribution < -0.4 is 10.6 Å². The predicted molar refractivity (Wildman–Crippen MR) is 92.8 cm³/mol. The lowest BCUT2D eigenvalue weighted by Crippen LogP contribution is -2.34. The van der Waals surface area contributed by atoms with E-state index in [-0.39, 0.29) is 24.5 Å². The Morgan fingerprint density at radius 3 is 3.00 bits per heavy atom. The van der Waals surface area contributed by atoms with Crippen LogP contribution in [0, 0.1) is 6.92 Å². The van der Waals surface area contributed by atoms with E-state index in [0.29, 0.717) is 35.7 Å². The summed E-state index contributed by atoms with van der Waals surface area (Å²) in [5.41, 5.74) is 1.56. The van der Waals surface area contributed by atoms with Crippen LogP contribution in [0.3, 0.4) is 0 Å². The van der Waals surface area contributed by atoms with Gasteiger partial charge in [-0.15, -0.1) is 0 Å². The number of hydrogen-bond donors (Lipinski definition) is 2. The van der Waals surface area contributed by atoms with Crippen LogP contribution in [-0.4, -0.2) is 46.0 Å². The molecule has 9 heteroatoms. The highest BCUT2D eigenvalue weighted by molar-refractivity contribution is 6.05. The summed E-state index contributed by atoms with van der Waals surface area (Å²) in [6.07, 6.45) is 5.82. The lowest BCUT2D eigenvalue weighted by Gasteiger charge is -2.10. The van der Waals surface area contributed by atoms with Gasteiger partial charge in [0.25, 0.3) is 5.91 Å². The van der Waals surface area contributed by atoms with Crippen molar-refractivity contribution in [2.24, 2.45) is 0 Å². The van der Waals surface area contributed by atoms with Gasteiger partial charge in [-0.25, -0.2) is 0 Å². The van der Waals surface area contributed by atoms with Crippen molar-refractivity contribution in [3.05, 3.63) is 29.4 Å². The molecule has 2 N–H and O–H groups in total. The van der Waals surface area contributed by atoms with Gasteiger partial charge in [-0.1, -0.05) is 12.1 Å². The van der Waals surface area contributed by atoms with Gasteiger partial charge in [0.2, 0.25) is 5.91 Å². The van der Waals surface area contributed by atoms with E-state index < -0.39 is 0 Å². The highest BCUT2D eigenvalue weighted by Crippen LogP contribution is 2.16. The Morgan fingerprint density at radius 1 is 1.42 bits per heavy atom. The average Bonchev–Trinajstić information content (AvgIpc) is 3.34. The molecular formula is C17H23N5O4. The Hall–Kier alpha value is -2.68. The normalized spacial score (nSPS) is 16.6. The van der Waals surface area contributed by atoms with Crippen LogP contribution in [-0.2, 0) is 22.5 Å². The Kier molecular flexibility index (Phi) is 5.67. The predicted octanol–water partition coefficient (Wildman–Crippen LogP) is 1.29. The van der Waals surface area contributed by atoms with Crippen LogP contribution in [0.2, 0.25) is 0 Å². The van der Waals surface area contributed by atoms with E-state index in [2.05, 4.69) is 20.9 Å². The summed E-state index contributed by atoms with van der Waals surface area (Å²) < 4.78 is 12.0. The summed E-state index contributed by atoms with van der Waals surface area (Å²) >= 11 is 0. The number of ether oxygens (including phenoxy) is 1. The molecule has 9 nitrogen and oxygen atoms in total. The van der Waals surface area contributed by atoms with Crippen LogP contribution in [0.1, 0.15) is 41.6 Å². The second-order valence-corrected chi connectivity index (χ2v) is 6.23. The van der Waals surface area contributed by atoms with Gasteiger partial charge in [0.1, 0.15) is 17.9 Å². The summed E-state index contributed by atoms with van der Waals surface area (Å²) in [5.74, 6) is 0.0212. The standard InChI is InChI=1S/C17H23N5O4/c1-3-14-16(11(2)26-21-14)17(24)20-12-7-19-22(9-12)10-15(23)18-8-13-5-4-6-25-13/h7,9,13H,3-6,8,10H2,1-2H3,(H,18,23)(H,20,24)/t13-/m1/s1. The van der Waals surface area contributed by atoms with E-state index in [4.69, 9.17) is 9.26 Å². The smallest absolute Gasteiger partial charge is 0.261 e. The first-order chi connectivity index (χ1) is 12.6. The second-order valence-electron chi connectivity index (χ2n) is 6.23. The molecule has 1 aliphatic heterocycles. The number of nitrogens with zero attached hydrogens (tertiary/aromatic N) is 3. The van der Waals surface area contributed by atoms with Crippen molar-refractivity contribution in [3.8, 4) is 0 Å². The second kappa shape index (κ2) is 8.13. The zero-order valence-corrected chi connectivity index (χ0v) is 14.9. The molecule has 0 unspecified atom stereocenters. The molecule has 1 atom stereocenters. The lowest BCUT2D eigenvalue weighted by atomic mass is 10.1. The monoisotopic (exact) mass is 361 g/mol. The molecule has 0 aromatic carbocycles. The van der Waals surface area contributed by atoms with Gasteiger partial charge < -0.3 is 19.9 Å². The van der Waals surface area contributed by atoms with Gasteiger partial charge in [0.05, 0.1) is 23.7 Å². The summed E-state index contributed by atoms with van der Waals surface area (Å²) in [4.78, 5) is 24.4. The minimum atomic E-state index is -0.303. The highest BCUT2D eigenvalue weighted by Gasteiger charge is 2.20. The first-order valence-electron chi connectivity index (χ1n) is 8.74. The van der Waals surface area contributed by atoms with Crippen molar-refractivity contribution in [2.75, 3.05) is 18.5 Å². The number of rotatable bonds is 7. The Bertz CT molecular complexity index is 776. The van der Waals surface area contributed by atoms with Crippen molar-refractivity contribution >= 4 is 17.5 Å². The number of aryl methyl sites for hydroxylation is 2. The molecule has 0 spiro atoms. The maximum Gasteiger partial charge on any atom is 0.261 e. The van der Waals surface area contributed by atoms with Gasteiger partial charge in [0.15, 0.2) is 0 Å². The van der Waals surface area contributed by atoms with Crippen LogP contribution in [0.25, 0.3) is 0 Å². The molecule has 0 saturated carbocycles. The van der Waals surface area contributed by atoms with Gasteiger partial charge in [0, 0.05) is 19.3 Å². The largest absolute Gasteiger partial charge is 0.376 e. The topological polar surface area (TPSA) is 111 Å². The Morgan fingerprint density at radius 2 is 2.27 bits per heavy atom. The molecule has 2 aromatic heterocycles. The number of amides is 2. The summed E-state index contributed by atoms with van der Waals surface area (Å²) in [5, 5.41) is 13.6. The molecule has 140 valence electrons. The maximum atomic E-state index is 12.4. The zero-order chi connectivity index (χ0) is 18.5. The van der Waals surface area contributed by atoms with Crippen molar-refractivity contribution in [1.82, 2.24) is 20.3 Å². The molecule has 1 aliphatic rings. The van der Waals surface area contributed by atoms with Crippen LogP contribution >= 0.6 is 0 Å². The van der Waals surface area contributed by atoms with Gasteiger partial charge in [-0.2, -0.15) is 5.10 Å². The van der Waals surface area contributed by atoms with Crippen molar-refractivity contribution < 1.29 is 18.8 Å². The van der Waals surface area contributed by atoms with E-state index in [1.807, 2.05) is 6.92 Å². The molecule has 0 bridgehead atoms. The van der Waals surface area contributed by atoms with Crippen LogP contribution in [0.15, 0.2) is 16.9 Å². The number of carbonyl (C=O) groups is 2. The number of nitrogens with one attached hydrogen (secondary N) is 2. The number of anilines is 1. The molecule has 1 saturated heterocycles. The minimum absolute atomic E-state index is 0.0785. The molecule has 3 heterocycles. The zero-order valence-electron chi connectivity index (χ0n) is 14.9. The molecule has 1 fully saturated rings. The average molecular weight is 361 g/mol. The first-order valence-corrected chi connectivity index (χ1v) is 8.74. The minimum Gasteiger partial charge on any atom is -0.376 e. The fraction of sp³-hybridized carbons (Fsp3) is 0.529. The van der Waals surface area contributed by atoms with Crippen LogP contribution in [0.4, 0.5) is 5.69 Å². The Balaban J connectivity index is 1.53. The van der Waals surface area contributed by atoms with E-state index >= 15 is 0 Å². The molecular weight excluding hydrogens is 338 g/mol. The summed E-state index contributed by atoms with van der Waals surface area (Å²) in [7, 11) is 0. The maximum absolute atomic E-state index is 12.4. The third-order valence-corrected chi connectivity index (χ3v) is 4.24. The molecule has 0 aliphatic carbocycles. The SMILES string of the molecule is CCc1noc(C)c1C(=O)Nc1cnn(CC(=O)NC[C@H]2CCCO2)c1. The first kappa shape index (κ1) is 18.1. The number of hydrogen-bond acceptors (Lipinski definition) is 6. The molecule has 0 radical (unpaired) electrons.